The molecule has 0 fully saturated rings. The summed E-state index contributed by atoms with van der Waals surface area (Å²) in [6.07, 6.45) is 7.29. The SMILES string of the molecule is C[C@@H]1CCC[C@H](n2cnc(-c3ccccc3-n3cc(Cl)nn3)cc2=O)c2cc(ccn2)-c2c(cnn2C(F)F)NC1=O. The smallest absolute Gasteiger partial charge is 0.323 e. The first-order valence-corrected chi connectivity index (χ1v) is 13.6. The third kappa shape index (κ3) is 5.18. The number of pyridine rings is 1. The third-order valence-electron chi connectivity index (χ3n) is 7.26. The van der Waals surface area contributed by atoms with E-state index in [9.17, 15) is 18.4 Å². The number of nitrogens with one attached hydrogen (secondary N) is 1. The second kappa shape index (κ2) is 11.2. The summed E-state index contributed by atoms with van der Waals surface area (Å²) in [6.45, 7) is -1.16. The maximum Gasteiger partial charge on any atom is 0.333 e. The molecule has 214 valence electrons. The van der Waals surface area contributed by atoms with Crippen LogP contribution in [0, 0.1) is 5.92 Å². The van der Waals surface area contributed by atoms with E-state index in [1.54, 1.807) is 25.3 Å². The highest BCUT2D eigenvalue weighted by molar-refractivity contribution is 6.29. The summed E-state index contributed by atoms with van der Waals surface area (Å²) >= 11 is 5.96. The average Bonchev–Trinajstić information content (AvgIpc) is 3.61. The minimum absolute atomic E-state index is 0.0548. The molecule has 0 unspecified atom stereocenters. The van der Waals surface area contributed by atoms with Gasteiger partial charge in [-0.05, 0) is 31.0 Å². The van der Waals surface area contributed by atoms with Crippen molar-refractivity contribution < 1.29 is 13.6 Å². The Bertz CT molecular complexity index is 1830. The predicted octanol–water partition coefficient (Wildman–Crippen LogP) is 5.15. The molecule has 14 heteroatoms. The van der Waals surface area contributed by atoms with Crippen LogP contribution in [0.2, 0.25) is 5.15 Å². The number of nitrogens with zero attached hydrogens (tertiary/aromatic N) is 8. The van der Waals surface area contributed by atoms with Gasteiger partial charge in [-0.15, -0.1) is 5.10 Å². The van der Waals surface area contributed by atoms with Crippen molar-refractivity contribution in [1.82, 2.24) is 39.3 Å². The van der Waals surface area contributed by atoms with Gasteiger partial charge < -0.3 is 5.32 Å². The molecule has 2 bridgehead atoms. The lowest BCUT2D eigenvalue weighted by Gasteiger charge is -2.22. The first kappa shape index (κ1) is 27.4. The van der Waals surface area contributed by atoms with Gasteiger partial charge in [0, 0.05) is 29.3 Å². The highest BCUT2D eigenvalue weighted by Gasteiger charge is 2.26. The lowest BCUT2D eigenvalue weighted by Crippen LogP contribution is -2.27. The molecule has 0 saturated carbocycles. The highest BCUT2D eigenvalue weighted by Crippen LogP contribution is 2.35. The lowest BCUT2D eigenvalue weighted by molar-refractivity contribution is -0.119. The van der Waals surface area contributed by atoms with E-state index < -0.39 is 18.5 Å². The molecule has 2 atom stereocenters. The van der Waals surface area contributed by atoms with Crippen LogP contribution in [-0.2, 0) is 4.79 Å². The number of benzene rings is 1. The van der Waals surface area contributed by atoms with Crippen LogP contribution in [0.25, 0.3) is 28.2 Å². The summed E-state index contributed by atoms with van der Waals surface area (Å²) in [7, 11) is 0. The Hall–Kier alpha value is -4.78. The molecule has 42 heavy (non-hydrogen) atoms. The van der Waals surface area contributed by atoms with Gasteiger partial charge >= 0.3 is 6.55 Å². The Morgan fingerprint density at radius 3 is 2.69 bits per heavy atom. The zero-order valence-corrected chi connectivity index (χ0v) is 23.0. The molecule has 5 heterocycles. The first-order chi connectivity index (χ1) is 20.3. The molecule has 11 nitrogen and oxygen atoms in total. The summed E-state index contributed by atoms with van der Waals surface area (Å²) in [5.41, 5.74) is 2.48. The number of amides is 1. The van der Waals surface area contributed by atoms with Gasteiger partial charge in [0.15, 0.2) is 5.15 Å². The van der Waals surface area contributed by atoms with E-state index in [4.69, 9.17) is 11.6 Å². The molecule has 1 N–H and O–H groups in total. The normalized spacial score (nSPS) is 17.3. The zero-order chi connectivity index (χ0) is 29.4. The Kier molecular flexibility index (Phi) is 7.33. The fraction of sp³-hybridized carbons (Fsp3) is 0.250. The van der Waals surface area contributed by atoms with Crippen LogP contribution >= 0.6 is 11.6 Å². The molecule has 6 rings (SSSR count). The van der Waals surface area contributed by atoms with Gasteiger partial charge in [-0.1, -0.05) is 48.4 Å². The van der Waals surface area contributed by atoms with E-state index in [1.807, 2.05) is 24.3 Å². The average molecular weight is 592 g/mol. The molecular formula is C28H24ClF2N9O2. The first-order valence-electron chi connectivity index (χ1n) is 13.2. The van der Waals surface area contributed by atoms with Gasteiger partial charge in [0.05, 0.1) is 53.2 Å². The molecule has 4 aromatic heterocycles. The van der Waals surface area contributed by atoms with Gasteiger partial charge in [0.25, 0.3) is 5.56 Å². The number of halogens is 3. The van der Waals surface area contributed by atoms with Crippen molar-refractivity contribution in [2.75, 3.05) is 5.32 Å². The molecule has 0 radical (unpaired) electrons. The van der Waals surface area contributed by atoms with Crippen LogP contribution in [0.3, 0.4) is 0 Å². The summed E-state index contributed by atoms with van der Waals surface area (Å²) < 4.78 is 31.3. The Morgan fingerprint density at radius 1 is 1.10 bits per heavy atom. The third-order valence-corrected chi connectivity index (χ3v) is 7.43. The second-order valence-electron chi connectivity index (χ2n) is 9.96. The van der Waals surface area contributed by atoms with E-state index in [2.05, 4.69) is 30.7 Å². The van der Waals surface area contributed by atoms with Crippen molar-refractivity contribution in [2.24, 2.45) is 5.92 Å². The van der Waals surface area contributed by atoms with Crippen LogP contribution in [-0.4, -0.2) is 45.2 Å². The number of anilines is 1. The number of hydrogen-bond acceptors (Lipinski definition) is 7. The van der Waals surface area contributed by atoms with Crippen LogP contribution in [0.1, 0.15) is 44.5 Å². The summed E-state index contributed by atoms with van der Waals surface area (Å²) in [6, 6.07) is 11.3. The number of fused-ring (bicyclic) bond motifs is 4. The highest BCUT2D eigenvalue weighted by atomic mass is 35.5. The van der Waals surface area contributed by atoms with Crippen molar-refractivity contribution in [2.45, 2.75) is 38.8 Å². The Balaban J connectivity index is 1.44. The number of carbonyl (C=O) groups is 1. The van der Waals surface area contributed by atoms with Crippen molar-refractivity contribution in [3.05, 3.63) is 88.6 Å². The monoisotopic (exact) mass is 591 g/mol. The van der Waals surface area contributed by atoms with Crippen LogP contribution in [0.4, 0.5) is 14.5 Å². The number of rotatable bonds is 4. The van der Waals surface area contributed by atoms with Crippen molar-refractivity contribution in [3.8, 4) is 28.2 Å². The Morgan fingerprint density at radius 2 is 1.93 bits per heavy atom. The summed E-state index contributed by atoms with van der Waals surface area (Å²) in [5.74, 6) is -0.704. The molecule has 1 aliphatic rings. The molecular weight excluding hydrogens is 568 g/mol. The van der Waals surface area contributed by atoms with Gasteiger partial charge in [0.1, 0.15) is 0 Å². The number of para-hydroxylation sites is 1. The number of carbonyl (C=O) groups excluding carboxylic acids is 1. The standard InChI is InChI=1S/C28H24ClF2N9O2/c1-16-5-4-8-23(20-11-17(9-10-32-20)26-21(35-27(16)42)13-34-40(26)28(30)31)38-15-33-19(12-25(38)41)18-6-2-3-7-22(18)39-14-24(29)36-37-39/h2-3,6-7,9-16,23,28H,4-5,8H2,1H3,(H,35,42)/t16-,23+/m1/s1. The van der Waals surface area contributed by atoms with E-state index in [0.717, 1.165) is 0 Å². The largest absolute Gasteiger partial charge is 0.333 e. The molecule has 0 spiro atoms. The number of alkyl halides is 2. The van der Waals surface area contributed by atoms with Crippen molar-refractivity contribution in [3.63, 3.8) is 0 Å². The number of aromatic nitrogens is 8. The molecule has 0 saturated heterocycles. The predicted molar refractivity (Wildman–Crippen MR) is 150 cm³/mol. The van der Waals surface area contributed by atoms with E-state index in [1.165, 1.54) is 34.0 Å². The van der Waals surface area contributed by atoms with Crippen molar-refractivity contribution >= 4 is 23.2 Å². The maximum absolute atomic E-state index is 13.9. The number of hydrogen-bond donors (Lipinski definition) is 1. The minimum atomic E-state index is -2.93. The summed E-state index contributed by atoms with van der Waals surface area (Å²) in [4.78, 5) is 35.6. The zero-order valence-electron chi connectivity index (χ0n) is 22.2. The quantitative estimate of drug-likeness (QED) is 0.306. The lowest BCUT2D eigenvalue weighted by atomic mass is 9.97. The maximum atomic E-state index is 13.9. The summed E-state index contributed by atoms with van der Waals surface area (Å²) in [5, 5.41) is 14.6. The van der Waals surface area contributed by atoms with Crippen LogP contribution < -0.4 is 10.9 Å². The van der Waals surface area contributed by atoms with E-state index in [0.29, 0.717) is 52.1 Å². The van der Waals surface area contributed by atoms with Crippen LogP contribution in [0.15, 0.2) is 72.2 Å². The van der Waals surface area contributed by atoms with Gasteiger partial charge in [0.2, 0.25) is 5.91 Å². The minimum Gasteiger partial charge on any atom is -0.323 e. The fourth-order valence-corrected chi connectivity index (χ4v) is 5.27. The Labute approximate surface area is 242 Å². The molecule has 0 aliphatic carbocycles. The van der Waals surface area contributed by atoms with Gasteiger partial charge in [-0.25, -0.2) is 14.3 Å². The van der Waals surface area contributed by atoms with Crippen LogP contribution in [0.5, 0.6) is 0 Å². The van der Waals surface area contributed by atoms with E-state index >= 15 is 0 Å². The fourth-order valence-electron chi connectivity index (χ4n) is 5.14. The van der Waals surface area contributed by atoms with Gasteiger partial charge in [-0.3, -0.25) is 19.1 Å². The molecule has 1 aliphatic heterocycles. The van der Waals surface area contributed by atoms with E-state index in [-0.39, 0.29) is 28.0 Å². The molecule has 1 amide bonds. The molecule has 1 aromatic carbocycles. The second-order valence-corrected chi connectivity index (χ2v) is 10.3. The van der Waals surface area contributed by atoms with Gasteiger partial charge in [-0.2, -0.15) is 13.9 Å². The topological polar surface area (TPSA) is 125 Å². The van der Waals surface area contributed by atoms with Crippen molar-refractivity contribution in [1.29, 1.82) is 0 Å². The molecule has 5 aromatic rings.